The van der Waals surface area contributed by atoms with Crippen LogP contribution in [0, 0.1) is 0 Å². The Morgan fingerprint density at radius 3 is 2.29 bits per heavy atom. The van der Waals surface area contributed by atoms with Crippen LogP contribution in [0.25, 0.3) is 0 Å². The van der Waals surface area contributed by atoms with Crippen LogP contribution in [0.4, 0.5) is 0 Å². The third kappa shape index (κ3) is 2.59. The number of ether oxygens (including phenoxy) is 2. The van der Waals surface area contributed by atoms with E-state index in [9.17, 15) is 8.42 Å². The van der Waals surface area contributed by atoms with Gasteiger partial charge in [0.1, 0.15) is 0 Å². The summed E-state index contributed by atoms with van der Waals surface area (Å²) < 4.78 is 31.8. The first-order chi connectivity index (χ1) is 6.45. The number of hydrogen-bond donors (Lipinski definition) is 0. The van der Waals surface area contributed by atoms with Crippen LogP contribution in [-0.2, 0) is 18.5 Å². The van der Waals surface area contributed by atoms with E-state index in [1.165, 1.54) is 0 Å². The van der Waals surface area contributed by atoms with Crippen LogP contribution in [0.3, 0.4) is 0 Å². The van der Waals surface area contributed by atoms with Crippen molar-refractivity contribution in [3.05, 3.63) is 0 Å². The zero-order valence-electron chi connectivity index (χ0n) is 8.32. The minimum Gasteiger partial charge on any atom is -0.382 e. The van der Waals surface area contributed by atoms with Gasteiger partial charge in [0.05, 0.1) is 17.5 Å². The summed E-state index contributed by atoms with van der Waals surface area (Å²) in [6.45, 7) is 0.394. The van der Waals surface area contributed by atoms with Crippen molar-refractivity contribution in [1.29, 1.82) is 0 Å². The van der Waals surface area contributed by atoms with Gasteiger partial charge in [-0.1, -0.05) is 0 Å². The molecule has 1 saturated carbocycles. The molecule has 0 unspecified atom stereocenters. The van der Waals surface area contributed by atoms with Gasteiger partial charge < -0.3 is 9.47 Å². The molecule has 1 aliphatic carbocycles. The van der Waals surface area contributed by atoms with Gasteiger partial charge in [0.2, 0.25) is 9.05 Å². The zero-order chi connectivity index (χ0) is 10.8. The number of hydrogen-bond acceptors (Lipinski definition) is 4. The fourth-order valence-corrected chi connectivity index (χ4v) is 3.12. The van der Waals surface area contributed by atoms with Crippen molar-refractivity contribution in [1.82, 2.24) is 0 Å². The minimum atomic E-state index is -3.48. The van der Waals surface area contributed by atoms with Crippen LogP contribution < -0.4 is 0 Å². The summed E-state index contributed by atoms with van der Waals surface area (Å²) in [5.74, 6) is 0. The molecule has 14 heavy (non-hydrogen) atoms. The maximum absolute atomic E-state index is 11.2. The zero-order valence-corrected chi connectivity index (χ0v) is 9.90. The maximum atomic E-state index is 11.2. The van der Waals surface area contributed by atoms with E-state index in [2.05, 4.69) is 0 Å². The molecular weight excluding hydrogens is 228 g/mol. The minimum absolute atomic E-state index is 0.198. The molecule has 1 atom stereocenters. The van der Waals surface area contributed by atoms with Crippen molar-refractivity contribution in [2.75, 3.05) is 20.8 Å². The Hall–Kier alpha value is 0.160. The summed E-state index contributed by atoms with van der Waals surface area (Å²) in [6, 6.07) is 0. The summed E-state index contributed by atoms with van der Waals surface area (Å²) in [6.07, 6.45) is 1.48. The van der Waals surface area contributed by atoms with Crippen LogP contribution in [0.2, 0.25) is 0 Å². The molecule has 0 heterocycles. The predicted molar refractivity (Wildman–Crippen MR) is 54.0 cm³/mol. The SMILES string of the molecule is COC[C@@H](CC1(S(=O)(=O)Cl)CC1)OC. The van der Waals surface area contributed by atoms with Crippen LogP contribution in [-0.4, -0.2) is 40.1 Å². The lowest BCUT2D eigenvalue weighted by Gasteiger charge is -2.19. The Morgan fingerprint density at radius 2 is 2.00 bits per heavy atom. The number of methoxy groups -OCH3 is 2. The van der Waals surface area contributed by atoms with E-state index in [1.807, 2.05) is 0 Å². The first-order valence-corrected chi connectivity index (χ1v) is 6.72. The quantitative estimate of drug-likeness (QED) is 0.656. The second kappa shape index (κ2) is 4.35. The molecule has 0 aliphatic heterocycles. The Bertz CT molecular complexity index is 284. The van der Waals surface area contributed by atoms with E-state index < -0.39 is 13.8 Å². The third-order valence-electron chi connectivity index (χ3n) is 2.61. The van der Waals surface area contributed by atoms with Gasteiger partial charge in [-0.25, -0.2) is 8.42 Å². The highest BCUT2D eigenvalue weighted by atomic mass is 35.7. The molecule has 1 fully saturated rings. The van der Waals surface area contributed by atoms with Crippen LogP contribution in [0.15, 0.2) is 0 Å². The Labute approximate surface area is 88.9 Å². The molecular formula is C8H15ClO4S. The van der Waals surface area contributed by atoms with Gasteiger partial charge in [0.25, 0.3) is 0 Å². The molecule has 0 aromatic carbocycles. The summed E-state index contributed by atoms with van der Waals surface area (Å²) in [7, 11) is 4.98. The van der Waals surface area contributed by atoms with Crippen LogP contribution in [0.1, 0.15) is 19.3 Å². The maximum Gasteiger partial charge on any atom is 0.238 e. The first kappa shape index (κ1) is 12.2. The second-order valence-corrected chi connectivity index (χ2v) is 6.60. The molecule has 4 nitrogen and oxygen atoms in total. The monoisotopic (exact) mass is 242 g/mol. The van der Waals surface area contributed by atoms with Gasteiger partial charge in [-0.3, -0.25) is 0 Å². The Balaban J connectivity index is 2.59. The lowest BCUT2D eigenvalue weighted by molar-refractivity contribution is 0.0219. The largest absolute Gasteiger partial charge is 0.382 e. The summed E-state index contributed by atoms with van der Waals surface area (Å²) in [4.78, 5) is 0. The lowest BCUT2D eigenvalue weighted by atomic mass is 10.2. The smallest absolute Gasteiger partial charge is 0.238 e. The van der Waals surface area contributed by atoms with Crippen molar-refractivity contribution in [2.24, 2.45) is 0 Å². The summed E-state index contributed by atoms with van der Waals surface area (Å²) in [5.41, 5.74) is 0. The number of rotatable bonds is 6. The highest BCUT2D eigenvalue weighted by Crippen LogP contribution is 2.49. The average molecular weight is 243 g/mol. The molecule has 0 N–H and O–H groups in total. The van der Waals surface area contributed by atoms with Crippen molar-refractivity contribution < 1.29 is 17.9 Å². The van der Waals surface area contributed by atoms with Crippen molar-refractivity contribution in [3.63, 3.8) is 0 Å². The van der Waals surface area contributed by atoms with Gasteiger partial charge in [0, 0.05) is 24.9 Å². The number of halogens is 1. The van der Waals surface area contributed by atoms with E-state index in [1.54, 1.807) is 14.2 Å². The highest BCUT2D eigenvalue weighted by Gasteiger charge is 2.54. The topological polar surface area (TPSA) is 52.6 Å². The molecule has 84 valence electrons. The average Bonchev–Trinajstić information content (AvgIpc) is 2.83. The van der Waals surface area contributed by atoms with Crippen LogP contribution >= 0.6 is 10.7 Å². The molecule has 0 aromatic rings. The fraction of sp³-hybridized carbons (Fsp3) is 1.00. The molecule has 0 saturated heterocycles. The Kier molecular flexibility index (Phi) is 3.80. The van der Waals surface area contributed by atoms with E-state index in [4.69, 9.17) is 20.2 Å². The van der Waals surface area contributed by atoms with E-state index in [-0.39, 0.29) is 6.10 Å². The van der Waals surface area contributed by atoms with E-state index in [0.29, 0.717) is 25.9 Å². The molecule has 6 heteroatoms. The molecule has 0 amide bonds. The van der Waals surface area contributed by atoms with Gasteiger partial charge >= 0.3 is 0 Å². The third-order valence-corrected chi connectivity index (χ3v) is 5.20. The van der Waals surface area contributed by atoms with E-state index >= 15 is 0 Å². The summed E-state index contributed by atoms with van der Waals surface area (Å²) >= 11 is 0. The van der Waals surface area contributed by atoms with Crippen molar-refractivity contribution in [3.8, 4) is 0 Å². The molecule has 0 spiro atoms. The van der Waals surface area contributed by atoms with Crippen LogP contribution in [0.5, 0.6) is 0 Å². The highest BCUT2D eigenvalue weighted by molar-refractivity contribution is 8.15. The lowest BCUT2D eigenvalue weighted by Crippen LogP contribution is -2.29. The van der Waals surface area contributed by atoms with E-state index in [0.717, 1.165) is 0 Å². The van der Waals surface area contributed by atoms with Gasteiger partial charge in [-0.05, 0) is 19.3 Å². The standard InChI is InChI=1S/C8H15ClO4S/c1-12-6-7(13-2)5-8(3-4-8)14(9,10)11/h7H,3-6H2,1-2H3/t7-/m1/s1. The molecule has 0 bridgehead atoms. The molecule has 1 aliphatic rings. The predicted octanol–water partition coefficient (Wildman–Crippen LogP) is 1.14. The van der Waals surface area contributed by atoms with Gasteiger partial charge in [-0.2, -0.15) is 0 Å². The fourth-order valence-electron chi connectivity index (χ4n) is 1.50. The van der Waals surface area contributed by atoms with Gasteiger partial charge in [0.15, 0.2) is 0 Å². The normalized spacial score (nSPS) is 21.9. The van der Waals surface area contributed by atoms with Crippen molar-refractivity contribution >= 4 is 19.7 Å². The molecule has 1 rings (SSSR count). The molecule has 0 radical (unpaired) electrons. The van der Waals surface area contributed by atoms with Gasteiger partial charge in [-0.15, -0.1) is 0 Å². The van der Waals surface area contributed by atoms with Crippen molar-refractivity contribution in [2.45, 2.75) is 30.1 Å². The second-order valence-electron chi connectivity index (χ2n) is 3.64. The molecule has 0 aromatic heterocycles. The first-order valence-electron chi connectivity index (χ1n) is 4.41. The summed E-state index contributed by atoms with van der Waals surface area (Å²) in [5, 5.41) is 0. The Morgan fingerprint density at radius 1 is 1.43 bits per heavy atom.